The Kier molecular flexibility index (Phi) is 6.10. The molecule has 1 nitrogen and oxygen atoms in total. The molecule has 0 aliphatic carbocycles. The van der Waals surface area contributed by atoms with Gasteiger partial charge in [-0.25, -0.2) is 0 Å². The summed E-state index contributed by atoms with van der Waals surface area (Å²) in [5.74, 6) is 0.651. The van der Waals surface area contributed by atoms with E-state index in [9.17, 15) is 0 Å². The molecule has 0 rings (SSSR count). The zero-order valence-corrected chi connectivity index (χ0v) is 10.8. The van der Waals surface area contributed by atoms with E-state index >= 15 is 0 Å². The summed E-state index contributed by atoms with van der Waals surface area (Å²) in [5.41, 5.74) is 1.83. The van der Waals surface area contributed by atoms with Crippen LogP contribution in [0.25, 0.3) is 0 Å². The first-order chi connectivity index (χ1) is 6.37. The molecule has 1 N–H and O–H groups in total. The van der Waals surface area contributed by atoms with Crippen LogP contribution in [0.5, 0.6) is 0 Å². The van der Waals surface area contributed by atoms with Gasteiger partial charge in [-0.1, -0.05) is 53.2 Å². The molecule has 0 saturated heterocycles. The maximum atomic E-state index is 3.47. The van der Waals surface area contributed by atoms with Gasteiger partial charge in [0.15, 0.2) is 0 Å². The van der Waals surface area contributed by atoms with E-state index in [1.165, 1.54) is 12.0 Å². The van der Waals surface area contributed by atoms with Crippen molar-refractivity contribution in [1.82, 2.24) is 5.32 Å². The van der Waals surface area contributed by atoms with Crippen molar-refractivity contribution in [2.24, 2.45) is 11.3 Å². The van der Waals surface area contributed by atoms with E-state index in [0.29, 0.717) is 11.3 Å². The molecule has 0 aromatic heterocycles. The summed E-state index contributed by atoms with van der Waals surface area (Å²) in [7, 11) is 0. The normalized spacial score (nSPS) is 13.8. The molecule has 0 heterocycles. The SMILES string of the molecule is CCCNCC(=CC(C)(C)C)C(C)C. The van der Waals surface area contributed by atoms with Crippen molar-refractivity contribution in [3.8, 4) is 0 Å². The molecule has 0 spiro atoms. The molecular formula is C13H27N. The lowest BCUT2D eigenvalue weighted by atomic mass is 9.89. The molecule has 0 aliphatic heterocycles. The van der Waals surface area contributed by atoms with Crippen molar-refractivity contribution >= 4 is 0 Å². The van der Waals surface area contributed by atoms with Gasteiger partial charge in [-0.3, -0.25) is 0 Å². The second kappa shape index (κ2) is 6.23. The quantitative estimate of drug-likeness (QED) is 0.524. The van der Waals surface area contributed by atoms with Gasteiger partial charge in [-0.05, 0) is 24.3 Å². The minimum absolute atomic E-state index is 0.299. The fraction of sp³-hybridized carbons (Fsp3) is 0.846. The molecule has 0 bridgehead atoms. The Morgan fingerprint density at radius 2 is 1.86 bits per heavy atom. The zero-order chi connectivity index (χ0) is 11.2. The van der Waals surface area contributed by atoms with Crippen LogP contribution in [0.3, 0.4) is 0 Å². The number of hydrogen-bond acceptors (Lipinski definition) is 1. The Hall–Kier alpha value is -0.300. The van der Waals surface area contributed by atoms with Gasteiger partial charge in [0.25, 0.3) is 0 Å². The predicted octanol–water partition coefficient (Wildman–Crippen LogP) is 3.61. The first-order valence-corrected chi connectivity index (χ1v) is 5.79. The second-order valence-electron chi connectivity index (χ2n) is 5.42. The molecule has 0 aromatic carbocycles. The van der Waals surface area contributed by atoms with Gasteiger partial charge >= 0.3 is 0 Å². The van der Waals surface area contributed by atoms with Crippen molar-refractivity contribution < 1.29 is 0 Å². The third-order valence-corrected chi connectivity index (χ3v) is 2.12. The average molecular weight is 197 g/mol. The van der Waals surface area contributed by atoms with Crippen LogP contribution in [-0.2, 0) is 0 Å². The van der Waals surface area contributed by atoms with Gasteiger partial charge in [0.05, 0.1) is 0 Å². The molecule has 0 fully saturated rings. The zero-order valence-electron chi connectivity index (χ0n) is 10.8. The highest BCUT2D eigenvalue weighted by atomic mass is 14.8. The van der Waals surface area contributed by atoms with Crippen LogP contribution in [0, 0.1) is 11.3 Å². The topological polar surface area (TPSA) is 12.0 Å². The number of nitrogens with one attached hydrogen (secondary N) is 1. The maximum absolute atomic E-state index is 3.47. The summed E-state index contributed by atoms with van der Waals surface area (Å²) in [5, 5.41) is 3.47. The molecule has 0 radical (unpaired) electrons. The summed E-state index contributed by atoms with van der Waals surface area (Å²) < 4.78 is 0. The minimum Gasteiger partial charge on any atom is -0.313 e. The highest BCUT2D eigenvalue weighted by Crippen LogP contribution is 2.21. The van der Waals surface area contributed by atoms with Crippen LogP contribution in [0.2, 0.25) is 0 Å². The Labute approximate surface area is 90.0 Å². The van der Waals surface area contributed by atoms with Gasteiger partial charge in [0, 0.05) is 6.54 Å². The smallest absolute Gasteiger partial charge is 0.0167 e. The summed E-state index contributed by atoms with van der Waals surface area (Å²) in [6.07, 6.45) is 3.61. The van der Waals surface area contributed by atoms with Crippen LogP contribution in [0.15, 0.2) is 11.6 Å². The predicted molar refractivity (Wildman–Crippen MR) is 65.5 cm³/mol. The van der Waals surface area contributed by atoms with Crippen molar-refractivity contribution in [3.63, 3.8) is 0 Å². The van der Waals surface area contributed by atoms with E-state index in [0.717, 1.165) is 13.1 Å². The van der Waals surface area contributed by atoms with Crippen molar-refractivity contribution in [2.75, 3.05) is 13.1 Å². The highest BCUT2D eigenvalue weighted by molar-refractivity contribution is 5.10. The van der Waals surface area contributed by atoms with Gasteiger partial charge < -0.3 is 5.32 Å². The van der Waals surface area contributed by atoms with Crippen molar-refractivity contribution in [2.45, 2.75) is 48.0 Å². The molecular weight excluding hydrogens is 170 g/mol. The molecule has 0 aliphatic rings. The fourth-order valence-corrected chi connectivity index (χ4v) is 1.39. The van der Waals surface area contributed by atoms with Gasteiger partial charge in [0.2, 0.25) is 0 Å². The summed E-state index contributed by atoms with van der Waals surface area (Å²) in [6, 6.07) is 0. The number of rotatable bonds is 5. The van der Waals surface area contributed by atoms with Gasteiger partial charge in [-0.2, -0.15) is 0 Å². The van der Waals surface area contributed by atoms with Crippen LogP contribution in [0.4, 0.5) is 0 Å². The lowest BCUT2D eigenvalue weighted by Gasteiger charge is -2.19. The monoisotopic (exact) mass is 197 g/mol. The molecule has 84 valence electrons. The van der Waals surface area contributed by atoms with E-state index in [1.54, 1.807) is 0 Å². The van der Waals surface area contributed by atoms with E-state index in [4.69, 9.17) is 0 Å². The standard InChI is InChI=1S/C13H27N/c1-7-8-14-10-12(11(2)3)9-13(4,5)6/h9,11,14H,7-8,10H2,1-6H3. The Morgan fingerprint density at radius 3 is 2.21 bits per heavy atom. The van der Waals surface area contributed by atoms with Gasteiger partial charge in [-0.15, -0.1) is 0 Å². The number of allylic oxidation sites excluding steroid dienone is 1. The van der Waals surface area contributed by atoms with E-state index in [2.05, 4.69) is 52.9 Å². The molecule has 0 atom stereocenters. The lowest BCUT2D eigenvalue weighted by Crippen LogP contribution is -2.21. The fourth-order valence-electron chi connectivity index (χ4n) is 1.39. The average Bonchev–Trinajstić information content (AvgIpc) is 2.00. The Morgan fingerprint density at radius 1 is 1.29 bits per heavy atom. The largest absolute Gasteiger partial charge is 0.313 e. The summed E-state index contributed by atoms with van der Waals surface area (Å²) >= 11 is 0. The maximum Gasteiger partial charge on any atom is 0.0167 e. The van der Waals surface area contributed by atoms with Crippen LogP contribution in [-0.4, -0.2) is 13.1 Å². The van der Waals surface area contributed by atoms with Crippen molar-refractivity contribution in [3.05, 3.63) is 11.6 Å². The molecule has 0 aromatic rings. The number of hydrogen-bond donors (Lipinski definition) is 1. The Bertz CT molecular complexity index is 172. The van der Waals surface area contributed by atoms with Crippen LogP contribution < -0.4 is 5.32 Å². The summed E-state index contributed by atoms with van der Waals surface area (Å²) in [6.45, 7) is 15.7. The van der Waals surface area contributed by atoms with E-state index in [1.807, 2.05) is 0 Å². The second-order valence-corrected chi connectivity index (χ2v) is 5.42. The third-order valence-electron chi connectivity index (χ3n) is 2.12. The van der Waals surface area contributed by atoms with E-state index in [-0.39, 0.29) is 0 Å². The molecule has 1 heteroatoms. The lowest BCUT2D eigenvalue weighted by molar-refractivity contribution is 0.524. The van der Waals surface area contributed by atoms with Gasteiger partial charge in [0.1, 0.15) is 0 Å². The molecule has 14 heavy (non-hydrogen) atoms. The third kappa shape index (κ3) is 7.14. The molecule has 0 unspecified atom stereocenters. The first-order valence-electron chi connectivity index (χ1n) is 5.79. The summed E-state index contributed by atoms with van der Waals surface area (Å²) in [4.78, 5) is 0. The molecule has 0 saturated carbocycles. The molecule has 0 amide bonds. The highest BCUT2D eigenvalue weighted by Gasteiger charge is 2.10. The Balaban J connectivity index is 4.23. The minimum atomic E-state index is 0.299. The van der Waals surface area contributed by atoms with E-state index < -0.39 is 0 Å². The van der Waals surface area contributed by atoms with Crippen LogP contribution in [0.1, 0.15) is 48.0 Å². The van der Waals surface area contributed by atoms with Crippen LogP contribution >= 0.6 is 0 Å². The first kappa shape index (κ1) is 13.7. The van der Waals surface area contributed by atoms with Crippen molar-refractivity contribution in [1.29, 1.82) is 0 Å².